The maximum absolute atomic E-state index is 10.6. The Labute approximate surface area is 75.0 Å². The van der Waals surface area contributed by atoms with Gasteiger partial charge in [-0.05, 0) is 12.1 Å². The fourth-order valence-corrected chi connectivity index (χ4v) is 1.36. The number of aromatic nitrogens is 2. The summed E-state index contributed by atoms with van der Waals surface area (Å²) in [6.07, 6.45) is 2.59. The molecule has 0 aromatic carbocycles. The van der Waals surface area contributed by atoms with E-state index in [-0.39, 0.29) is 0 Å². The molecule has 0 radical (unpaired) electrons. The first kappa shape index (κ1) is 7.94. The van der Waals surface area contributed by atoms with Crippen LogP contribution in [0.4, 0.5) is 0 Å². The predicted molar refractivity (Wildman–Crippen MR) is 48.5 cm³/mol. The molecule has 2 aromatic heterocycles. The minimum absolute atomic E-state index is 0.332. The average molecular weight is 175 g/mol. The molecule has 0 saturated heterocycles. The molecule has 0 amide bonds. The maximum Gasteiger partial charge on any atom is 0.170 e. The van der Waals surface area contributed by atoms with Crippen LogP contribution in [-0.4, -0.2) is 15.7 Å². The van der Waals surface area contributed by atoms with Gasteiger partial charge >= 0.3 is 0 Å². The van der Waals surface area contributed by atoms with Crippen molar-refractivity contribution in [1.82, 2.24) is 9.38 Å². The monoisotopic (exact) mass is 175 g/mol. The van der Waals surface area contributed by atoms with E-state index in [1.807, 2.05) is 28.8 Å². The fraction of sp³-hybridized carbons (Fsp3) is 0.111. The zero-order valence-electron chi connectivity index (χ0n) is 6.97. The van der Waals surface area contributed by atoms with Crippen LogP contribution in [0, 0.1) is 0 Å². The summed E-state index contributed by atoms with van der Waals surface area (Å²) in [7, 11) is 0. The molecule has 0 aliphatic carbocycles. The standard InChI is InChI=1S/C9H9N3O/c10-5-9-11-7(6-13)8-3-1-2-4-12(8)9/h1-4,6H,5,10H2. The molecule has 2 rings (SSSR count). The zero-order chi connectivity index (χ0) is 9.26. The van der Waals surface area contributed by atoms with E-state index in [9.17, 15) is 4.79 Å². The number of pyridine rings is 1. The SMILES string of the molecule is NCc1nc(C=O)c2ccccn12. The van der Waals surface area contributed by atoms with Crippen LogP contribution >= 0.6 is 0 Å². The quantitative estimate of drug-likeness (QED) is 0.680. The summed E-state index contributed by atoms with van der Waals surface area (Å²) in [4.78, 5) is 14.7. The van der Waals surface area contributed by atoms with Crippen molar-refractivity contribution in [3.63, 3.8) is 0 Å². The first-order valence-corrected chi connectivity index (χ1v) is 3.98. The Kier molecular flexibility index (Phi) is 1.83. The van der Waals surface area contributed by atoms with Gasteiger partial charge in [0.1, 0.15) is 11.5 Å². The normalized spacial score (nSPS) is 10.5. The number of imidazole rings is 1. The smallest absolute Gasteiger partial charge is 0.170 e. The second-order valence-electron chi connectivity index (χ2n) is 2.69. The van der Waals surface area contributed by atoms with Crippen molar-refractivity contribution in [2.45, 2.75) is 6.54 Å². The first-order valence-electron chi connectivity index (χ1n) is 3.98. The van der Waals surface area contributed by atoms with Crippen LogP contribution in [0.5, 0.6) is 0 Å². The topological polar surface area (TPSA) is 60.4 Å². The van der Waals surface area contributed by atoms with Crippen molar-refractivity contribution in [1.29, 1.82) is 0 Å². The molecule has 4 heteroatoms. The van der Waals surface area contributed by atoms with Crippen LogP contribution in [0.2, 0.25) is 0 Å². The average Bonchev–Trinajstić information content (AvgIpc) is 2.56. The summed E-state index contributed by atoms with van der Waals surface area (Å²) < 4.78 is 1.82. The van der Waals surface area contributed by atoms with E-state index in [0.717, 1.165) is 11.8 Å². The van der Waals surface area contributed by atoms with Crippen molar-refractivity contribution in [2.75, 3.05) is 0 Å². The third-order valence-electron chi connectivity index (χ3n) is 1.94. The number of hydrogen-bond acceptors (Lipinski definition) is 3. The third kappa shape index (κ3) is 1.11. The van der Waals surface area contributed by atoms with Crippen LogP contribution in [-0.2, 0) is 6.54 Å². The molecule has 0 unspecified atom stereocenters. The number of carbonyl (C=O) groups is 1. The molecule has 4 nitrogen and oxygen atoms in total. The summed E-state index contributed by atoms with van der Waals surface area (Å²) in [6, 6.07) is 5.59. The van der Waals surface area contributed by atoms with E-state index in [1.165, 1.54) is 0 Å². The van der Waals surface area contributed by atoms with Crippen molar-refractivity contribution in [3.05, 3.63) is 35.9 Å². The summed E-state index contributed by atoms with van der Waals surface area (Å²) >= 11 is 0. The molecule has 0 bridgehead atoms. The second-order valence-corrected chi connectivity index (χ2v) is 2.69. The molecule has 0 fully saturated rings. The highest BCUT2D eigenvalue weighted by molar-refractivity contribution is 5.83. The number of nitrogens with zero attached hydrogens (tertiary/aromatic N) is 2. The highest BCUT2D eigenvalue weighted by Crippen LogP contribution is 2.10. The van der Waals surface area contributed by atoms with Crippen LogP contribution < -0.4 is 5.73 Å². The number of hydrogen-bond donors (Lipinski definition) is 1. The van der Waals surface area contributed by atoms with Gasteiger partial charge in [-0.25, -0.2) is 4.98 Å². The molecular weight excluding hydrogens is 166 g/mol. The van der Waals surface area contributed by atoms with Gasteiger partial charge in [0.15, 0.2) is 6.29 Å². The first-order chi connectivity index (χ1) is 6.36. The summed E-state index contributed by atoms with van der Waals surface area (Å²) in [5.41, 5.74) is 6.73. The molecule has 0 saturated carbocycles. The van der Waals surface area contributed by atoms with Crippen molar-refractivity contribution < 1.29 is 4.79 Å². The molecule has 0 atom stereocenters. The Hall–Kier alpha value is -1.68. The van der Waals surface area contributed by atoms with Gasteiger partial charge in [0, 0.05) is 6.20 Å². The Morgan fingerprint density at radius 1 is 1.54 bits per heavy atom. The Morgan fingerprint density at radius 2 is 2.38 bits per heavy atom. The fourth-order valence-electron chi connectivity index (χ4n) is 1.36. The number of aldehydes is 1. The zero-order valence-corrected chi connectivity index (χ0v) is 6.97. The number of fused-ring (bicyclic) bond motifs is 1. The second kappa shape index (κ2) is 2.99. The van der Waals surface area contributed by atoms with Crippen LogP contribution in [0.25, 0.3) is 5.52 Å². The lowest BCUT2D eigenvalue weighted by atomic mass is 10.3. The number of nitrogens with two attached hydrogens (primary N) is 1. The molecule has 0 aliphatic heterocycles. The largest absolute Gasteiger partial charge is 0.324 e. The highest BCUT2D eigenvalue weighted by Gasteiger charge is 2.06. The van der Waals surface area contributed by atoms with Crippen molar-refractivity contribution >= 4 is 11.8 Å². The Morgan fingerprint density at radius 3 is 3.08 bits per heavy atom. The van der Waals surface area contributed by atoms with Crippen LogP contribution in [0.1, 0.15) is 16.3 Å². The Bertz CT molecular complexity index is 447. The van der Waals surface area contributed by atoms with Gasteiger partial charge in [-0.2, -0.15) is 0 Å². The molecule has 2 aromatic rings. The maximum atomic E-state index is 10.6. The van der Waals surface area contributed by atoms with Crippen molar-refractivity contribution in [3.8, 4) is 0 Å². The number of rotatable bonds is 2. The van der Waals surface area contributed by atoms with Gasteiger partial charge in [-0.1, -0.05) is 6.07 Å². The molecule has 2 N–H and O–H groups in total. The van der Waals surface area contributed by atoms with Gasteiger partial charge < -0.3 is 10.1 Å². The lowest BCUT2D eigenvalue weighted by Gasteiger charge is -1.95. The van der Waals surface area contributed by atoms with E-state index in [0.29, 0.717) is 18.1 Å². The minimum atomic E-state index is 0.332. The van der Waals surface area contributed by atoms with E-state index in [1.54, 1.807) is 0 Å². The van der Waals surface area contributed by atoms with E-state index in [4.69, 9.17) is 5.73 Å². The van der Waals surface area contributed by atoms with E-state index >= 15 is 0 Å². The van der Waals surface area contributed by atoms with Gasteiger partial charge in [0.2, 0.25) is 0 Å². The lowest BCUT2D eigenvalue weighted by Crippen LogP contribution is -2.01. The van der Waals surface area contributed by atoms with E-state index in [2.05, 4.69) is 4.98 Å². The molecule has 2 heterocycles. The highest BCUT2D eigenvalue weighted by atomic mass is 16.1. The third-order valence-corrected chi connectivity index (χ3v) is 1.94. The summed E-state index contributed by atoms with van der Waals surface area (Å²) in [5, 5.41) is 0. The van der Waals surface area contributed by atoms with Crippen molar-refractivity contribution in [2.24, 2.45) is 5.73 Å². The van der Waals surface area contributed by atoms with Gasteiger partial charge in [0.05, 0.1) is 12.1 Å². The Balaban J connectivity index is 2.81. The minimum Gasteiger partial charge on any atom is -0.324 e. The van der Waals surface area contributed by atoms with E-state index < -0.39 is 0 Å². The molecule has 66 valence electrons. The molecule has 13 heavy (non-hydrogen) atoms. The summed E-state index contributed by atoms with van der Waals surface area (Å²) in [5.74, 6) is 0.706. The van der Waals surface area contributed by atoms with Gasteiger partial charge in [-0.15, -0.1) is 0 Å². The lowest BCUT2D eigenvalue weighted by molar-refractivity contribution is 0.112. The number of carbonyl (C=O) groups excluding carboxylic acids is 1. The van der Waals surface area contributed by atoms with Gasteiger partial charge in [0.25, 0.3) is 0 Å². The summed E-state index contributed by atoms with van der Waals surface area (Å²) in [6.45, 7) is 0.332. The van der Waals surface area contributed by atoms with Crippen LogP contribution in [0.3, 0.4) is 0 Å². The molecular formula is C9H9N3O. The molecule has 0 aliphatic rings. The van der Waals surface area contributed by atoms with Crippen LogP contribution in [0.15, 0.2) is 24.4 Å². The van der Waals surface area contributed by atoms with Gasteiger partial charge in [-0.3, -0.25) is 4.79 Å². The predicted octanol–water partition coefficient (Wildman–Crippen LogP) is 0.606. The molecule has 0 spiro atoms.